The fraction of sp³-hybridized carbons (Fsp3) is 0.438. The van der Waals surface area contributed by atoms with Crippen LogP contribution in [0.15, 0.2) is 34.7 Å². The Labute approximate surface area is 157 Å². The maximum absolute atomic E-state index is 5.32. The van der Waals surface area contributed by atoms with Crippen molar-refractivity contribution in [3.05, 3.63) is 24.5 Å². The molecule has 0 amide bonds. The summed E-state index contributed by atoms with van der Waals surface area (Å²) in [4.78, 5) is 19.9. The van der Waals surface area contributed by atoms with Gasteiger partial charge in [0.2, 0.25) is 5.95 Å². The van der Waals surface area contributed by atoms with Crippen LogP contribution in [-0.4, -0.2) is 44.2 Å². The maximum atomic E-state index is 5.32. The maximum Gasteiger partial charge on any atom is 0.232 e. The van der Waals surface area contributed by atoms with Crippen LogP contribution in [0.4, 0.5) is 11.8 Å². The molecule has 0 bridgehead atoms. The Hall–Kier alpha value is -2.00. The van der Waals surface area contributed by atoms with E-state index in [1.54, 1.807) is 18.5 Å². The molecule has 0 aromatic carbocycles. The van der Waals surface area contributed by atoms with E-state index >= 15 is 0 Å². The molecule has 1 aliphatic rings. The van der Waals surface area contributed by atoms with Gasteiger partial charge in [-0.3, -0.25) is 0 Å². The lowest BCUT2D eigenvalue weighted by Gasteiger charge is -2.18. The summed E-state index contributed by atoms with van der Waals surface area (Å²) in [5.41, 5.74) is 0. The summed E-state index contributed by atoms with van der Waals surface area (Å²) in [6, 6.07) is 4.02. The third kappa shape index (κ3) is 5.23. The molecule has 0 radical (unpaired) electrons. The number of nitrogens with one attached hydrogen (secondary N) is 2. The van der Waals surface area contributed by atoms with Crippen LogP contribution < -0.4 is 15.5 Å². The lowest BCUT2D eigenvalue weighted by Crippen LogP contribution is -2.34. The molecule has 2 aromatic heterocycles. The first-order valence-corrected chi connectivity index (χ1v) is 9.49. The minimum Gasteiger partial charge on any atom is -0.360 e. The van der Waals surface area contributed by atoms with Gasteiger partial charge in [-0.2, -0.15) is 4.98 Å². The monoisotopic (exact) mass is 375 g/mol. The van der Waals surface area contributed by atoms with Crippen molar-refractivity contribution in [1.82, 2.24) is 25.3 Å². The summed E-state index contributed by atoms with van der Waals surface area (Å²) in [7, 11) is 0. The smallest absolute Gasteiger partial charge is 0.232 e. The number of nitrogens with zero attached hydrogens (tertiary/aromatic N) is 5. The molecule has 0 spiro atoms. The predicted octanol–water partition coefficient (Wildman–Crippen LogP) is 2.71. The van der Waals surface area contributed by atoms with Gasteiger partial charge in [-0.15, -0.1) is 0 Å². The van der Waals surface area contributed by atoms with E-state index < -0.39 is 0 Å². The van der Waals surface area contributed by atoms with Crippen molar-refractivity contribution >= 4 is 40.9 Å². The number of thiocarbonyl (C=S) groups is 1. The Morgan fingerprint density at radius 1 is 1.20 bits per heavy atom. The Bertz CT molecular complexity index is 718. The van der Waals surface area contributed by atoms with E-state index in [0.717, 1.165) is 23.9 Å². The summed E-state index contributed by atoms with van der Waals surface area (Å²) in [5.74, 6) is 1.39. The number of aromatic nitrogens is 4. The molecule has 2 N–H and O–H groups in total. The zero-order valence-corrected chi connectivity index (χ0v) is 15.9. The zero-order valence-electron chi connectivity index (χ0n) is 14.3. The topological polar surface area (TPSA) is 78.9 Å². The molecule has 1 fully saturated rings. The summed E-state index contributed by atoms with van der Waals surface area (Å²) in [6.45, 7) is 6.08. The van der Waals surface area contributed by atoms with Crippen LogP contribution in [0.1, 0.15) is 26.7 Å². The molecule has 7 nitrogen and oxygen atoms in total. The first kappa shape index (κ1) is 17.8. The second-order valence-corrected chi connectivity index (χ2v) is 7.36. The largest absolute Gasteiger partial charge is 0.360 e. The third-order valence-electron chi connectivity index (χ3n) is 3.50. The van der Waals surface area contributed by atoms with Gasteiger partial charge in [-0.1, -0.05) is 0 Å². The van der Waals surface area contributed by atoms with Crippen LogP contribution in [0.5, 0.6) is 0 Å². The normalized spacial score (nSPS) is 14.0. The first-order chi connectivity index (χ1) is 12.1. The number of anilines is 2. The quantitative estimate of drug-likeness (QED) is 0.466. The molecule has 0 unspecified atom stereocenters. The fourth-order valence-electron chi connectivity index (χ4n) is 2.46. The standard InChI is InChI=1S/C16H21N7S2/c1-11(2)19-15(24)22-14-20-12(23-8-3-4-9-23)10-13(21-14)25-16-17-6-5-7-18-16/h5-7,10-11H,3-4,8-9H2,1-2H3,(H2,19,20,21,22,24). The van der Waals surface area contributed by atoms with E-state index in [0.29, 0.717) is 16.2 Å². The van der Waals surface area contributed by atoms with Crippen molar-refractivity contribution in [1.29, 1.82) is 0 Å². The minimum absolute atomic E-state index is 0.244. The van der Waals surface area contributed by atoms with Gasteiger partial charge in [0, 0.05) is 37.6 Å². The second-order valence-electron chi connectivity index (χ2n) is 5.97. The van der Waals surface area contributed by atoms with Crippen LogP contribution in [0.25, 0.3) is 0 Å². The molecule has 0 atom stereocenters. The van der Waals surface area contributed by atoms with Gasteiger partial charge < -0.3 is 15.5 Å². The lowest BCUT2D eigenvalue weighted by molar-refractivity contribution is 0.738. The molecule has 0 aliphatic carbocycles. The predicted molar refractivity (Wildman–Crippen MR) is 104 cm³/mol. The Morgan fingerprint density at radius 3 is 2.60 bits per heavy atom. The molecular formula is C16H21N7S2. The van der Waals surface area contributed by atoms with Crippen LogP contribution in [0, 0.1) is 0 Å². The van der Waals surface area contributed by atoms with Crippen LogP contribution in [-0.2, 0) is 0 Å². The van der Waals surface area contributed by atoms with Crippen molar-refractivity contribution in [2.45, 2.75) is 42.9 Å². The Kier molecular flexibility index (Phi) is 5.98. The molecule has 1 saturated heterocycles. The van der Waals surface area contributed by atoms with Gasteiger partial charge in [0.25, 0.3) is 0 Å². The molecule has 1 aliphatic heterocycles. The SMILES string of the molecule is CC(C)NC(=S)Nc1nc(Sc2ncccn2)cc(N2CCCC2)n1. The highest BCUT2D eigenvalue weighted by molar-refractivity contribution is 7.99. The average Bonchev–Trinajstić information content (AvgIpc) is 3.09. The summed E-state index contributed by atoms with van der Waals surface area (Å²) >= 11 is 6.73. The molecule has 25 heavy (non-hydrogen) atoms. The van der Waals surface area contributed by atoms with Crippen LogP contribution in [0.3, 0.4) is 0 Å². The third-order valence-corrected chi connectivity index (χ3v) is 4.53. The zero-order chi connectivity index (χ0) is 17.6. The molecule has 0 saturated carbocycles. The molecule has 9 heteroatoms. The summed E-state index contributed by atoms with van der Waals surface area (Å²) in [5, 5.41) is 8.18. The highest BCUT2D eigenvalue weighted by atomic mass is 32.2. The molecule has 2 aromatic rings. The first-order valence-electron chi connectivity index (χ1n) is 8.26. The minimum atomic E-state index is 0.244. The second kappa shape index (κ2) is 8.39. The van der Waals surface area contributed by atoms with E-state index in [1.807, 2.05) is 19.9 Å². The van der Waals surface area contributed by atoms with Crippen molar-refractivity contribution in [3.63, 3.8) is 0 Å². The van der Waals surface area contributed by atoms with E-state index in [4.69, 9.17) is 12.2 Å². The van der Waals surface area contributed by atoms with Gasteiger partial charge in [0.15, 0.2) is 10.3 Å². The Morgan fingerprint density at radius 2 is 1.92 bits per heavy atom. The summed E-state index contributed by atoms with van der Waals surface area (Å²) in [6.07, 6.45) is 5.81. The van der Waals surface area contributed by atoms with E-state index in [2.05, 4.69) is 35.5 Å². The average molecular weight is 376 g/mol. The van der Waals surface area contributed by atoms with Crippen molar-refractivity contribution in [2.75, 3.05) is 23.3 Å². The lowest BCUT2D eigenvalue weighted by atomic mass is 10.4. The van der Waals surface area contributed by atoms with Crippen molar-refractivity contribution < 1.29 is 0 Å². The van der Waals surface area contributed by atoms with E-state index in [1.165, 1.54) is 24.6 Å². The highest BCUT2D eigenvalue weighted by Gasteiger charge is 2.17. The number of hydrogen-bond acceptors (Lipinski definition) is 7. The molecule has 3 rings (SSSR count). The highest BCUT2D eigenvalue weighted by Crippen LogP contribution is 2.28. The molecular weight excluding hydrogens is 354 g/mol. The van der Waals surface area contributed by atoms with Crippen LogP contribution in [0.2, 0.25) is 0 Å². The number of rotatable bonds is 5. The van der Waals surface area contributed by atoms with Gasteiger partial charge in [0.1, 0.15) is 10.8 Å². The van der Waals surface area contributed by atoms with Crippen molar-refractivity contribution in [3.8, 4) is 0 Å². The molecule has 132 valence electrons. The van der Waals surface area contributed by atoms with Gasteiger partial charge in [-0.05, 0) is 56.7 Å². The van der Waals surface area contributed by atoms with E-state index in [-0.39, 0.29) is 6.04 Å². The van der Waals surface area contributed by atoms with Crippen LogP contribution >= 0.6 is 24.0 Å². The number of hydrogen-bond donors (Lipinski definition) is 2. The van der Waals surface area contributed by atoms with Gasteiger partial charge >= 0.3 is 0 Å². The molecule has 3 heterocycles. The summed E-state index contributed by atoms with van der Waals surface area (Å²) < 4.78 is 0. The van der Waals surface area contributed by atoms with Crippen molar-refractivity contribution in [2.24, 2.45) is 0 Å². The van der Waals surface area contributed by atoms with Gasteiger partial charge in [-0.25, -0.2) is 15.0 Å². The fourth-order valence-corrected chi connectivity index (χ4v) is 3.50. The van der Waals surface area contributed by atoms with Gasteiger partial charge in [0.05, 0.1) is 0 Å². The Balaban J connectivity index is 1.84. The van der Waals surface area contributed by atoms with E-state index in [9.17, 15) is 0 Å².